The maximum Gasteiger partial charge on any atom is 0.325 e. The van der Waals surface area contributed by atoms with E-state index in [-0.39, 0.29) is 11.3 Å². The zero-order valence-corrected chi connectivity index (χ0v) is 17.7. The lowest BCUT2D eigenvalue weighted by Crippen LogP contribution is -2.32. The number of aryl methyl sites for hydroxylation is 1. The summed E-state index contributed by atoms with van der Waals surface area (Å²) in [6, 6.07) is 12.9. The minimum atomic E-state index is -0.835. The third-order valence-electron chi connectivity index (χ3n) is 4.17. The zero-order valence-electron chi connectivity index (χ0n) is 16.9. The molecule has 2 aromatic carbocycles. The van der Waals surface area contributed by atoms with E-state index in [0.29, 0.717) is 10.8 Å². The Bertz CT molecular complexity index is 1160. The highest BCUT2D eigenvalue weighted by atomic mass is 32.1. The number of thiazole rings is 1. The van der Waals surface area contributed by atoms with Gasteiger partial charge in [0, 0.05) is 28.6 Å². The van der Waals surface area contributed by atoms with Crippen LogP contribution in [0.2, 0.25) is 0 Å². The van der Waals surface area contributed by atoms with E-state index in [0.717, 1.165) is 17.2 Å². The fraction of sp³-hybridized carbons (Fsp3) is 0.143. The number of carbonyl (C=O) groups is 3. The van der Waals surface area contributed by atoms with Crippen molar-refractivity contribution in [2.45, 2.75) is 6.92 Å². The first-order valence-corrected chi connectivity index (χ1v) is 10.2. The number of rotatable bonds is 8. The Morgan fingerprint density at radius 2 is 1.91 bits per heavy atom. The van der Waals surface area contributed by atoms with Crippen molar-refractivity contribution in [2.75, 3.05) is 18.5 Å². The van der Waals surface area contributed by atoms with Gasteiger partial charge in [0.1, 0.15) is 6.54 Å². The van der Waals surface area contributed by atoms with Gasteiger partial charge in [-0.25, -0.2) is 4.98 Å². The molecule has 0 spiro atoms. The molecular formula is C21H18N4O6S. The number of hydrogen-bond donors (Lipinski definition) is 2. The number of carbonyl (C=O) groups excluding carboxylic acids is 3. The quantitative estimate of drug-likeness (QED) is 0.303. The average Bonchev–Trinajstić information content (AvgIpc) is 3.24. The Balaban J connectivity index is 1.43. The number of amides is 2. The van der Waals surface area contributed by atoms with Crippen LogP contribution in [-0.2, 0) is 14.3 Å². The van der Waals surface area contributed by atoms with Crippen molar-refractivity contribution < 1.29 is 24.0 Å². The fourth-order valence-electron chi connectivity index (χ4n) is 2.56. The Kier molecular flexibility index (Phi) is 7.24. The van der Waals surface area contributed by atoms with E-state index < -0.39 is 35.9 Å². The second-order valence-electron chi connectivity index (χ2n) is 6.60. The van der Waals surface area contributed by atoms with Gasteiger partial charge in [-0.1, -0.05) is 35.9 Å². The van der Waals surface area contributed by atoms with Crippen molar-refractivity contribution in [3.8, 4) is 11.3 Å². The van der Waals surface area contributed by atoms with Crippen molar-refractivity contribution in [3.63, 3.8) is 0 Å². The molecule has 32 heavy (non-hydrogen) atoms. The zero-order chi connectivity index (χ0) is 23.1. The van der Waals surface area contributed by atoms with Crippen LogP contribution in [0.25, 0.3) is 11.3 Å². The van der Waals surface area contributed by atoms with Gasteiger partial charge < -0.3 is 10.1 Å². The summed E-state index contributed by atoms with van der Waals surface area (Å²) in [6.45, 7) is 0.936. The molecule has 2 N–H and O–H groups in total. The Labute approximate surface area is 186 Å². The predicted molar refractivity (Wildman–Crippen MR) is 117 cm³/mol. The molecular weight excluding hydrogens is 436 g/mol. The Morgan fingerprint density at radius 3 is 2.62 bits per heavy atom. The normalized spacial score (nSPS) is 10.3. The minimum Gasteiger partial charge on any atom is -0.454 e. The molecule has 1 heterocycles. The third-order valence-corrected chi connectivity index (χ3v) is 4.93. The van der Waals surface area contributed by atoms with Crippen molar-refractivity contribution in [1.29, 1.82) is 0 Å². The molecule has 11 heteroatoms. The number of aromatic nitrogens is 1. The number of non-ortho nitro benzene ring substituents is 1. The molecule has 0 atom stereocenters. The molecule has 0 aliphatic heterocycles. The summed E-state index contributed by atoms with van der Waals surface area (Å²) in [5, 5.41) is 17.8. The van der Waals surface area contributed by atoms with Crippen LogP contribution in [-0.4, -0.2) is 40.8 Å². The summed E-state index contributed by atoms with van der Waals surface area (Å²) in [4.78, 5) is 50.3. The van der Waals surface area contributed by atoms with E-state index in [4.69, 9.17) is 4.74 Å². The molecule has 1 aromatic heterocycles. The maximum atomic E-state index is 12.0. The van der Waals surface area contributed by atoms with Gasteiger partial charge in [-0.2, -0.15) is 0 Å². The fourth-order valence-corrected chi connectivity index (χ4v) is 3.29. The summed E-state index contributed by atoms with van der Waals surface area (Å²) in [5.74, 6) is -2.09. The van der Waals surface area contributed by atoms with Crippen LogP contribution in [0.15, 0.2) is 53.9 Å². The maximum absolute atomic E-state index is 12.0. The lowest BCUT2D eigenvalue weighted by atomic mass is 10.1. The summed E-state index contributed by atoms with van der Waals surface area (Å²) in [6.07, 6.45) is 0. The van der Waals surface area contributed by atoms with Crippen molar-refractivity contribution in [1.82, 2.24) is 10.3 Å². The Hall–Kier alpha value is -4.12. The van der Waals surface area contributed by atoms with E-state index in [1.165, 1.54) is 29.5 Å². The molecule has 0 radical (unpaired) electrons. The minimum absolute atomic E-state index is 0.0258. The van der Waals surface area contributed by atoms with Crippen LogP contribution in [0, 0.1) is 17.0 Å². The second kappa shape index (κ2) is 10.3. The number of anilines is 1. The smallest absolute Gasteiger partial charge is 0.325 e. The van der Waals surface area contributed by atoms with Crippen molar-refractivity contribution in [3.05, 3.63) is 75.2 Å². The number of ether oxygens (including phenoxy) is 1. The number of esters is 1. The highest BCUT2D eigenvalue weighted by Crippen LogP contribution is 2.25. The van der Waals surface area contributed by atoms with Crippen LogP contribution < -0.4 is 10.6 Å². The lowest BCUT2D eigenvalue weighted by Gasteiger charge is -2.06. The first kappa shape index (κ1) is 22.6. The van der Waals surface area contributed by atoms with E-state index in [2.05, 4.69) is 15.6 Å². The summed E-state index contributed by atoms with van der Waals surface area (Å²) < 4.78 is 4.83. The summed E-state index contributed by atoms with van der Waals surface area (Å²) in [5.41, 5.74) is 2.53. The molecule has 3 rings (SSSR count). The summed E-state index contributed by atoms with van der Waals surface area (Å²) >= 11 is 1.24. The van der Waals surface area contributed by atoms with Crippen molar-refractivity contribution >= 4 is 39.9 Å². The largest absolute Gasteiger partial charge is 0.454 e. The van der Waals surface area contributed by atoms with Gasteiger partial charge in [0.15, 0.2) is 11.7 Å². The van der Waals surface area contributed by atoms with Gasteiger partial charge in [0.2, 0.25) is 0 Å². The molecule has 0 saturated carbocycles. The van der Waals surface area contributed by atoms with Crippen LogP contribution in [0.4, 0.5) is 10.8 Å². The molecule has 2 amide bonds. The van der Waals surface area contributed by atoms with Crippen molar-refractivity contribution in [2.24, 2.45) is 0 Å². The number of nitro benzene ring substituents is 1. The molecule has 10 nitrogen and oxygen atoms in total. The van der Waals surface area contributed by atoms with Gasteiger partial charge in [-0.15, -0.1) is 11.3 Å². The third kappa shape index (κ3) is 6.19. The molecule has 0 aliphatic carbocycles. The van der Waals surface area contributed by atoms with E-state index in [1.54, 1.807) is 5.38 Å². The van der Waals surface area contributed by atoms with Crippen LogP contribution in [0.5, 0.6) is 0 Å². The van der Waals surface area contributed by atoms with Crippen LogP contribution in [0.3, 0.4) is 0 Å². The topological polar surface area (TPSA) is 141 Å². The van der Waals surface area contributed by atoms with E-state index in [9.17, 15) is 24.5 Å². The first-order valence-electron chi connectivity index (χ1n) is 9.32. The van der Waals surface area contributed by atoms with Gasteiger partial charge in [-0.05, 0) is 13.0 Å². The van der Waals surface area contributed by atoms with E-state index in [1.807, 2.05) is 31.2 Å². The summed E-state index contributed by atoms with van der Waals surface area (Å²) in [7, 11) is 0. The first-order chi connectivity index (χ1) is 15.3. The standard InChI is InChI=1S/C21H18N4O6S/c1-13-5-7-14(8-6-13)17-12-32-21(23-17)24-18(26)11-31-19(27)10-22-20(28)15-3-2-4-16(9-15)25(29)30/h2-9,12H,10-11H2,1H3,(H,22,28)(H,23,24,26). The lowest BCUT2D eigenvalue weighted by molar-refractivity contribution is -0.384. The van der Waals surface area contributed by atoms with Gasteiger partial charge in [-0.3, -0.25) is 29.8 Å². The molecule has 0 unspecified atom stereocenters. The van der Waals surface area contributed by atoms with E-state index >= 15 is 0 Å². The predicted octanol–water partition coefficient (Wildman–Crippen LogP) is 2.94. The second-order valence-corrected chi connectivity index (χ2v) is 7.46. The van der Waals surface area contributed by atoms with Gasteiger partial charge in [0.05, 0.1) is 10.6 Å². The molecule has 0 aliphatic rings. The number of hydrogen-bond acceptors (Lipinski definition) is 8. The number of nitrogens with one attached hydrogen (secondary N) is 2. The highest BCUT2D eigenvalue weighted by Gasteiger charge is 2.14. The molecule has 3 aromatic rings. The van der Waals surface area contributed by atoms with Crippen LogP contribution >= 0.6 is 11.3 Å². The van der Waals surface area contributed by atoms with Gasteiger partial charge in [0.25, 0.3) is 17.5 Å². The monoisotopic (exact) mass is 454 g/mol. The Morgan fingerprint density at radius 1 is 1.16 bits per heavy atom. The molecule has 164 valence electrons. The molecule has 0 fully saturated rings. The molecule has 0 bridgehead atoms. The molecule has 0 saturated heterocycles. The number of nitro groups is 1. The highest BCUT2D eigenvalue weighted by molar-refractivity contribution is 7.14. The SMILES string of the molecule is Cc1ccc(-c2csc(NC(=O)COC(=O)CNC(=O)c3cccc([N+](=O)[O-])c3)n2)cc1. The van der Waals surface area contributed by atoms with Gasteiger partial charge >= 0.3 is 5.97 Å². The number of nitrogens with zero attached hydrogens (tertiary/aromatic N) is 2. The number of benzene rings is 2. The average molecular weight is 454 g/mol. The van der Waals surface area contributed by atoms with Crippen LogP contribution in [0.1, 0.15) is 15.9 Å².